The molecule has 0 aromatic heterocycles. The molecule has 1 N–H and O–H groups in total. The topological polar surface area (TPSA) is 24.5 Å². The summed E-state index contributed by atoms with van der Waals surface area (Å²) in [5.41, 5.74) is 2.92. The highest BCUT2D eigenvalue weighted by Crippen LogP contribution is 2.28. The van der Waals surface area contributed by atoms with Crippen molar-refractivity contribution in [3.8, 4) is 0 Å². The Morgan fingerprint density at radius 3 is 2.95 bits per heavy atom. The lowest BCUT2D eigenvalue weighted by Crippen LogP contribution is -2.46. The van der Waals surface area contributed by atoms with Crippen LogP contribution in [0.1, 0.15) is 31.2 Å². The van der Waals surface area contributed by atoms with E-state index in [-0.39, 0.29) is 0 Å². The van der Waals surface area contributed by atoms with Gasteiger partial charge in [-0.05, 0) is 43.7 Å². The highest BCUT2D eigenvalue weighted by Gasteiger charge is 2.26. The third kappa shape index (κ3) is 3.33. The van der Waals surface area contributed by atoms with Gasteiger partial charge in [0.15, 0.2) is 0 Å². The van der Waals surface area contributed by atoms with Crippen LogP contribution in [0, 0.1) is 0 Å². The zero-order valence-electron chi connectivity index (χ0n) is 12.5. The lowest BCUT2D eigenvalue weighted by Gasteiger charge is -2.34. The van der Waals surface area contributed by atoms with E-state index in [2.05, 4.69) is 34.5 Å². The van der Waals surface area contributed by atoms with Gasteiger partial charge in [0.1, 0.15) is 0 Å². The molecule has 1 saturated carbocycles. The Morgan fingerprint density at radius 1 is 1.30 bits per heavy atom. The Balaban J connectivity index is 1.76. The molecule has 0 radical (unpaired) electrons. The maximum Gasteiger partial charge on any atom is 0.0678 e. The smallest absolute Gasteiger partial charge is 0.0678 e. The number of aryl methyl sites for hydroxylation is 1. The van der Waals surface area contributed by atoms with Crippen molar-refractivity contribution in [2.45, 2.75) is 44.2 Å². The second kappa shape index (κ2) is 6.59. The van der Waals surface area contributed by atoms with E-state index < -0.39 is 0 Å². The fraction of sp³-hybridized carbons (Fsp3) is 0.647. The van der Waals surface area contributed by atoms with Gasteiger partial charge < -0.3 is 15.0 Å². The molecule has 0 saturated heterocycles. The van der Waals surface area contributed by atoms with Crippen molar-refractivity contribution in [3.63, 3.8) is 0 Å². The number of ether oxygens (including phenoxy) is 1. The molecule has 1 fully saturated rings. The maximum atomic E-state index is 5.48. The highest BCUT2D eigenvalue weighted by molar-refractivity contribution is 5.55. The van der Waals surface area contributed by atoms with E-state index in [0.717, 1.165) is 25.7 Å². The number of nitrogens with zero attached hydrogens (tertiary/aromatic N) is 1. The number of benzene rings is 1. The molecule has 20 heavy (non-hydrogen) atoms. The quantitative estimate of drug-likeness (QED) is 0.863. The first-order valence-corrected chi connectivity index (χ1v) is 7.95. The van der Waals surface area contributed by atoms with E-state index >= 15 is 0 Å². The van der Waals surface area contributed by atoms with Gasteiger partial charge >= 0.3 is 0 Å². The van der Waals surface area contributed by atoms with E-state index in [0.29, 0.717) is 6.04 Å². The maximum absolute atomic E-state index is 5.48. The first-order valence-electron chi connectivity index (χ1n) is 7.95. The van der Waals surface area contributed by atoms with Gasteiger partial charge in [-0.15, -0.1) is 0 Å². The summed E-state index contributed by atoms with van der Waals surface area (Å²) in [5, 5.41) is 3.67. The summed E-state index contributed by atoms with van der Waals surface area (Å²) in [6, 6.07) is 10.1. The Hall–Kier alpha value is -1.06. The summed E-state index contributed by atoms with van der Waals surface area (Å²) in [4.78, 5) is 2.57. The molecule has 1 aliphatic carbocycles. The number of hydrogen-bond donors (Lipinski definition) is 1. The second-order valence-corrected chi connectivity index (χ2v) is 6.07. The zero-order chi connectivity index (χ0) is 13.8. The Morgan fingerprint density at radius 2 is 2.15 bits per heavy atom. The Labute approximate surface area is 122 Å². The van der Waals surface area contributed by atoms with Gasteiger partial charge in [0.25, 0.3) is 0 Å². The van der Waals surface area contributed by atoms with Crippen molar-refractivity contribution in [3.05, 3.63) is 29.8 Å². The zero-order valence-corrected chi connectivity index (χ0v) is 12.5. The molecule has 1 unspecified atom stereocenters. The van der Waals surface area contributed by atoms with Crippen LogP contribution in [0.15, 0.2) is 24.3 Å². The summed E-state index contributed by atoms with van der Waals surface area (Å²) < 4.78 is 5.48. The van der Waals surface area contributed by atoms with E-state index in [1.807, 2.05) is 7.11 Å². The highest BCUT2D eigenvalue weighted by atomic mass is 16.5. The van der Waals surface area contributed by atoms with Crippen molar-refractivity contribution in [2.75, 3.05) is 31.7 Å². The standard InChI is InChI=1S/C17H26N2O/c1-20-13-16(12-18-15-9-10-15)19-11-5-4-7-14-6-2-3-8-17(14)19/h2-3,6,8,15-16,18H,4-5,7,9-13H2,1H3. The average Bonchev–Trinajstić information content (AvgIpc) is 3.30. The minimum Gasteiger partial charge on any atom is -0.383 e. The minimum atomic E-state index is 0.444. The molecule has 0 bridgehead atoms. The fourth-order valence-corrected chi connectivity index (χ4v) is 3.14. The largest absolute Gasteiger partial charge is 0.383 e. The lowest BCUT2D eigenvalue weighted by atomic mass is 10.1. The Kier molecular flexibility index (Phi) is 4.58. The summed E-state index contributed by atoms with van der Waals surface area (Å²) in [6.07, 6.45) is 6.47. The number of rotatable bonds is 6. The van der Waals surface area contributed by atoms with Gasteiger partial charge in [-0.25, -0.2) is 0 Å². The molecule has 110 valence electrons. The van der Waals surface area contributed by atoms with Crippen LogP contribution < -0.4 is 10.2 Å². The number of fused-ring (bicyclic) bond motifs is 1. The predicted octanol–water partition coefficient (Wildman–Crippen LogP) is 2.60. The summed E-state index contributed by atoms with van der Waals surface area (Å²) in [6.45, 7) is 2.98. The van der Waals surface area contributed by atoms with Crippen LogP contribution in [0.5, 0.6) is 0 Å². The van der Waals surface area contributed by atoms with E-state index in [4.69, 9.17) is 4.74 Å². The lowest BCUT2D eigenvalue weighted by molar-refractivity contribution is 0.175. The van der Waals surface area contributed by atoms with Gasteiger partial charge in [0.05, 0.1) is 12.6 Å². The van der Waals surface area contributed by atoms with E-state index in [9.17, 15) is 0 Å². The van der Waals surface area contributed by atoms with Crippen molar-refractivity contribution < 1.29 is 4.74 Å². The summed E-state index contributed by atoms with van der Waals surface area (Å²) in [7, 11) is 1.81. The first kappa shape index (κ1) is 13.9. The number of nitrogens with one attached hydrogen (secondary N) is 1. The molecule has 0 amide bonds. The normalized spacial score (nSPS) is 20.4. The van der Waals surface area contributed by atoms with Gasteiger partial charge in [-0.2, -0.15) is 0 Å². The van der Waals surface area contributed by atoms with Crippen LogP contribution in [0.2, 0.25) is 0 Å². The van der Waals surface area contributed by atoms with Crippen LogP contribution >= 0.6 is 0 Å². The molecule has 1 aromatic rings. The predicted molar refractivity (Wildman–Crippen MR) is 83.4 cm³/mol. The molecular formula is C17H26N2O. The van der Waals surface area contributed by atoms with Crippen LogP contribution in [-0.2, 0) is 11.2 Å². The van der Waals surface area contributed by atoms with Gasteiger partial charge in [-0.1, -0.05) is 18.2 Å². The molecule has 1 atom stereocenters. The molecule has 1 aliphatic heterocycles. The number of methoxy groups -OCH3 is 1. The van der Waals surface area contributed by atoms with E-state index in [1.54, 1.807) is 0 Å². The molecular weight excluding hydrogens is 248 g/mol. The molecule has 3 nitrogen and oxygen atoms in total. The third-order valence-corrected chi connectivity index (χ3v) is 4.42. The fourth-order valence-electron chi connectivity index (χ4n) is 3.14. The van der Waals surface area contributed by atoms with Crippen LogP contribution in [-0.4, -0.2) is 38.9 Å². The van der Waals surface area contributed by atoms with Crippen molar-refractivity contribution in [1.29, 1.82) is 0 Å². The number of para-hydroxylation sites is 1. The number of hydrogen-bond acceptors (Lipinski definition) is 3. The molecule has 1 aromatic carbocycles. The number of anilines is 1. The van der Waals surface area contributed by atoms with E-state index in [1.165, 1.54) is 43.4 Å². The van der Waals surface area contributed by atoms with Crippen molar-refractivity contribution >= 4 is 5.69 Å². The van der Waals surface area contributed by atoms with Crippen molar-refractivity contribution in [1.82, 2.24) is 5.32 Å². The summed E-state index contributed by atoms with van der Waals surface area (Å²) in [5.74, 6) is 0. The molecule has 0 spiro atoms. The van der Waals surface area contributed by atoms with Crippen LogP contribution in [0.3, 0.4) is 0 Å². The molecule has 1 heterocycles. The van der Waals surface area contributed by atoms with Gasteiger partial charge in [0.2, 0.25) is 0 Å². The SMILES string of the molecule is COCC(CNC1CC1)N1CCCCc2ccccc21. The Bertz CT molecular complexity index is 431. The van der Waals surface area contributed by atoms with Gasteiger partial charge in [0, 0.05) is 31.9 Å². The van der Waals surface area contributed by atoms with Gasteiger partial charge in [-0.3, -0.25) is 0 Å². The third-order valence-electron chi connectivity index (χ3n) is 4.42. The van der Waals surface area contributed by atoms with Crippen LogP contribution in [0.4, 0.5) is 5.69 Å². The second-order valence-electron chi connectivity index (χ2n) is 6.07. The van der Waals surface area contributed by atoms with Crippen molar-refractivity contribution in [2.24, 2.45) is 0 Å². The monoisotopic (exact) mass is 274 g/mol. The minimum absolute atomic E-state index is 0.444. The molecule has 2 aliphatic rings. The summed E-state index contributed by atoms with van der Waals surface area (Å²) >= 11 is 0. The average molecular weight is 274 g/mol. The van der Waals surface area contributed by atoms with Crippen LogP contribution in [0.25, 0.3) is 0 Å². The molecule has 3 heteroatoms. The first-order chi connectivity index (χ1) is 9.88. The molecule has 3 rings (SSSR count).